The number of aliphatic hydroxyl groups excluding tert-OH is 1. The van der Waals surface area contributed by atoms with Crippen LogP contribution in [-0.4, -0.2) is 43.6 Å². The summed E-state index contributed by atoms with van der Waals surface area (Å²) >= 11 is 0. The van der Waals surface area contributed by atoms with Crippen molar-refractivity contribution in [3.05, 3.63) is 23.8 Å². The molecule has 2 N–H and O–H groups in total. The van der Waals surface area contributed by atoms with Gasteiger partial charge in [0.2, 0.25) is 10.0 Å². The Kier molecular flexibility index (Phi) is 3.70. The van der Waals surface area contributed by atoms with Crippen molar-refractivity contribution >= 4 is 15.7 Å². The quantitative estimate of drug-likeness (QED) is 0.856. The molecule has 5 nitrogen and oxygen atoms in total. The highest BCUT2D eigenvalue weighted by atomic mass is 32.2. The van der Waals surface area contributed by atoms with Gasteiger partial charge in [-0.2, -0.15) is 4.31 Å². The fourth-order valence-corrected chi connectivity index (χ4v) is 4.54. The fraction of sp³-hybridized carbons (Fsp3) is 0.571. The van der Waals surface area contributed by atoms with Crippen LogP contribution < -0.4 is 5.32 Å². The Balaban J connectivity index is 1.93. The third kappa shape index (κ3) is 2.32. The maximum atomic E-state index is 12.7. The van der Waals surface area contributed by atoms with Crippen LogP contribution in [0.4, 0.5) is 5.69 Å². The zero-order valence-electron chi connectivity index (χ0n) is 11.4. The van der Waals surface area contributed by atoms with Crippen LogP contribution >= 0.6 is 0 Å². The lowest BCUT2D eigenvalue weighted by Gasteiger charge is -2.36. The van der Waals surface area contributed by atoms with Crippen LogP contribution in [0.5, 0.6) is 0 Å². The summed E-state index contributed by atoms with van der Waals surface area (Å²) < 4.78 is 27.0. The minimum atomic E-state index is -3.51. The average molecular weight is 296 g/mol. The van der Waals surface area contributed by atoms with E-state index < -0.39 is 10.0 Å². The molecule has 20 heavy (non-hydrogen) atoms. The van der Waals surface area contributed by atoms with Gasteiger partial charge in [0.05, 0.1) is 11.5 Å². The molecule has 1 aromatic carbocycles. The smallest absolute Gasteiger partial charge is 0.243 e. The lowest BCUT2D eigenvalue weighted by atomic mass is 9.93. The molecule has 0 amide bonds. The average Bonchev–Trinajstić information content (AvgIpc) is 2.83. The summed E-state index contributed by atoms with van der Waals surface area (Å²) in [6.45, 7) is 0.901. The number of sulfonamides is 1. The second-order valence-electron chi connectivity index (χ2n) is 5.42. The number of nitrogens with one attached hydrogen (secondary N) is 1. The molecular weight excluding hydrogens is 276 g/mol. The number of anilines is 1. The number of hydrogen-bond donors (Lipinski definition) is 2. The molecule has 1 saturated carbocycles. The standard InChI is InChI=1S/C14H20N2O3S/c17-9-8-16(12-2-1-3-12)20(18,19)13-5-4-11-6-7-15-14(11)10-13/h4-5,10,12,15,17H,1-3,6-9H2. The van der Waals surface area contributed by atoms with E-state index in [0.717, 1.165) is 37.9 Å². The van der Waals surface area contributed by atoms with Crippen LogP contribution in [0.1, 0.15) is 24.8 Å². The molecular formula is C14H20N2O3S. The molecule has 0 spiro atoms. The molecule has 0 radical (unpaired) electrons. The summed E-state index contributed by atoms with van der Waals surface area (Å²) in [4.78, 5) is 0.325. The van der Waals surface area contributed by atoms with E-state index in [1.54, 1.807) is 12.1 Å². The van der Waals surface area contributed by atoms with Crippen molar-refractivity contribution in [2.75, 3.05) is 25.0 Å². The predicted octanol–water partition coefficient (Wildman–Crippen LogP) is 1.19. The molecule has 0 bridgehead atoms. The molecule has 1 fully saturated rings. The van der Waals surface area contributed by atoms with Crippen LogP contribution in [-0.2, 0) is 16.4 Å². The van der Waals surface area contributed by atoms with Crippen molar-refractivity contribution < 1.29 is 13.5 Å². The number of hydrogen-bond acceptors (Lipinski definition) is 4. The van der Waals surface area contributed by atoms with Crippen LogP contribution in [0.15, 0.2) is 23.1 Å². The summed E-state index contributed by atoms with van der Waals surface area (Å²) in [5.41, 5.74) is 2.09. The molecule has 1 aromatic rings. The van der Waals surface area contributed by atoms with Gasteiger partial charge >= 0.3 is 0 Å². The minimum absolute atomic E-state index is 0.0494. The van der Waals surface area contributed by atoms with Crippen LogP contribution in [0, 0.1) is 0 Å². The number of rotatable bonds is 5. The lowest BCUT2D eigenvalue weighted by Crippen LogP contribution is -2.45. The van der Waals surface area contributed by atoms with E-state index in [1.807, 2.05) is 6.07 Å². The van der Waals surface area contributed by atoms with E-state index in [9.17, 15) is 8.42 Å². The summed E-state index contributed by atoms with van der Waals surface area (Å²) in [7, 11) is -3.51. The Morgan fingerprint density at radius 2 is 2.15 bits per heavy atom. The Morgan fingerprint density at radius 1 is 1.35 bits per heavy atom. The molecule has 2 aliphatic rings. The minimum Gasteiger partial charge on any atom is -0.395 e. The van der Waals surface area contributed by atoms with Gasteiger partial charge < -0.3 is 10.4 Å². The number of aliphatic hydroxyl groups is 1. The highest BCUT2D eigenvalue weighted by Gasteiger charge is 2.34. The van der Waals surface area contributed by atoms with E-state index in [-0.39, 0.29) is 19.2 Å². The Labute approximate surface area is 119 Å². The highest BCUT2D eigenvalue weighted by Crippen LogP contribution is 2.32. The summed E-state index contributed by atoms with van der Waals surface area (Å²) in [6, 6.07) is 5.35. The zero-order valence-corrected chi connectivity index (χ0v) is 12.2. The van der Waals surface area contributed by atoms with Crippen molar-refractivity contribution in [2.24, 2.45) is 0 Å². The lowest BCUT2D eigenvalue weighted by molar-refractivity contribution is 0.178. The van der Waals surface area contributed by atoms with Crippen molar-refractivity contribution in [2.45, 2.75) is 36.6 Å². The van der Waals surface area contributed by atoms with Gasteiger partial charge in [-0.25, -0.2) is 8.42 Å². The third-order valence-electron chi connectivity index (χ3n) is 4.20. The van der Waals surface area contributed by atoms with Crippen LogP contribution in [0.2, 0.25) is 0 Å². The zero-order chi connectivity index (χ0) is 14.2. The second kappa shape index (κ2) is 5.35. The summed E-state index contributed by atoms with van der Waals surface area (Å²) in [6.07, 6.45) is 3.79. The van der Waals surface area contributed by atoms with Crippen molar-refractivity contribution in [3.8, 4) is 0 Å². The predicted molar refractivity (Wildman–Crippen MR) is 77.3 cm³/mol. The van der Waals surface area contributed by atoms with Gasteiger partial charge in [0.25, 0.3) is 0 Å². The van der Waals surface area contributed by atoms with Gasteiger partial charge in [-0.3, -0.25) is 0 Å². The molecule has 0 aromatic heterocycles. The largest absolute Gasteiger partial charge is 0.395 e. The molecule has 0 unspecified atom stereocenters. The monoisotopic (exact) mass is 296 g/mol. The van der Waals surface area contributed by atoms with E-state index in [4.69, 9.17) is 5.11 Å². The molecule has 6 heteroatoms. The van der Waals surface area contributed by atoms with Crippen molar-refractivity contribution in [1.29, 1.82) is 0 Å². The Bertz CT molecular complexity index is 596. The van der Waals surface area contributed by atoms with Gasteiger partial charge in [0.15, 0.2) is 0 Å². The van der Waals surface area contributed by atoms with Gasteiger partial charge in [-0.1, -0.05) is 12.5 Å². The molecule has 3 rings (SSSR count). The SMILES string of the molecule is O=S(=O)(c1ccc2c(c1)NCC2)N(CCO)C1CCC1. The maximum Gasteiger partial charge on any atom is 0.243 e. The molecule has 1 aliphatic heterocycles. The fourth-order valence-electron chi connectivity index (χ4n) is 2.84. The summed E-state index contributed by atoms with van der Waals surface area (Å²) in [5, 5.41) is 12.4. The van der Waals surface area contributed by atoms with Gasteiger partial charge in [-0.05, 0) is 37.0 Å². The topological polar surface area (TPSA) is 69.6 Å². The molecule has 1 heterocycles. The molecule has 1 aliphatic carbocycles. The van der Waals surface area contributed by atoms with Gasteiger partial charge in [-0.15, -0.1) is 0 Å². The number of benzene rings is 1. The highest BCUT2D eigenvalue weighted by molar-refractivity contribution is 7.89. The first kappa shape index (κ1) is 13.9. The Hall–Kier alpha value is -1.11. The molecule has 0 saturated heterocycles. The number of nitrogens with zero attached hydrogens (tertiary/aromatic N) is 1. The van der Waals surface area contributed by atoms with E-state index in [0.29, 0.717) is 4.90 Å². The third-order valence-corrected chi connectivity index (χ3v) is 6.15. The molecule has 0 atom stereocenters. The Morgan fingerprint density at radius 3 is 2.80 bits per heavy atom. The van der Waals surface area contributed by atoms with E-state index in [1.165, 1.54) is 9.87 Å². The summed E-state index contributed by atoms with van der Waals surface area (Å²) in [5.74, 6) is 0. The number of fused-ring (bicyclic) bond motifs is 1. The van der Waals surface area contributed by atoms with Crippen molar-refractivity contribution in [1.82, 2.24) is 4.31 Å². The van der Waals surface area contributed by atoms with E-state index >= 15 is 0 Å². The first-order valence-corrected chi connectivity index (χ1v) is 8.56. The van der Waals surface area contributed by atoms with Gasteiger partial charge in [0.1, 0.15) is 0 Å². The maximum absolute atomic E-state index is 12.7. The van der Waals surface area contributed by atoms with Crippen molar-refractivity contribution in [3.63, 3.8) is 0 Å². The second-order valence-corrected chi connectivity index (χ2v) is 7.31. The first-order chi connectivity index (χ1) is 9.63. The van der Waals surface area contributed by atoms with Crippen LogP contribution in [0.3, 0.4) is 0 Å². The normalized spacial score (nSPS) is 18.7. The first-order valence-electron chi connectivity index (χ1n) is 7.12. The van der Waals surface area contributed by atoms with Gasteiger partial charge in [0, 0.05) is 24.8 Å². The molecule has 110 valence electrons. The van der Waals surface area contributed by atoms with E-state index in [2.05, 4.69) is 5.32 Å². The van der Waals surface area contributed by atoms with Crippen LogP contribution in [0.25, 0.3) is 0 Å².